The highest BCUT2D eigenvalue weighted by Crippen LogP contribution is 2.18. The van der Waals surface area contributed by atoms with Crippen LogP contribution in [0.15, 0.2) is 24.3 Å². The van der Waals surface area contributed by atoms with Crippen LogP contribution in [0.4, 0.5) is 0 Å². The fourth-order valence-electron chi connectivity index (χ4n) is 1.42. The molecule has 1 amide bonds. The van der Waals surface area contributed by atoms with Crippen molar-refractivity contribution in [1.82, 2.24) is 5.32 Å². The van der Waals surface area contributed by atoms with Crippen molar-refractivity contribution in [1.29, 1.82) is 0 Å². The van der Waals surface area contributed by atoms with Crippen LogP contribution in [0.1, 0.15) is 25.3 Å². The average molecular weight is 251 g/mol. The summed E-state index contributed by atoms with van der Waals surface area (Å²) < 4.78 is 5.51. The number of carboxylic acid groups (broad SMARTS) is 1. The van der Waals surface area contributed by atoms with E-state index in [1.54, 1.807) is 6.07 Å². The Kier molecular flexibility index (Phi) is 5.70. The molecule has 0 spiro atoms. The fraction of sp³-hybridized carbons (Fsp3) is 0.385. The molecule has 0 radical (unpaired) electrons. The van der Waals surface area contributed by atoms with E-state index < -0.39 is 5.97 Å². The largest absolute Gasteiger partial charge is 0.493 e. The molecule has 5 nitrogen and oxygen atoms in total. The smallest absolute Gasteiger partial charge is 0.303 e. The predicted octanol–water partition coefficient (Wildman–Crippen LogP) is 1.57. The van der Waals surface area contributed by atoms with Crippen LogP contribution in [0.3, 0.4) is 0 Å². The van der Waals surface area contributed by atoms with Crippen molar-refractivity contribution in [2.24, 2.45) is 0 Å². The third-order valence-corrected chi connectivity index (χ3v) is 2.29. The van der Waals surface area contributed by atoms with Gasteiger partial charge in [0.2, 0.25) is 5.91 Å². The van der Waals surface area contributed by atoms with Gasteiger partial charge in [-0.25, -0.2) is 0 Å². The number of ether oxygens (including phenoxy) is 1. The lowest BCUT2D eigenvalue weighted by atomic mass is 10.2. The third-order valence-electron chi connectivity index (χ3n) is 2.29. The minimum absolute atomic E-state index is 0.0911. The summed E-state index contributed by atoms with van der Waals surface area (Å²) in [6.07, 6.45) is 0.553. The van der Waals surface area contributed by atoms with E-state index in [9.17, 15) is 9.59 Å². The summed E-state index contributed by atoms with van der Waals surface area (Å²) in [5.74, 6) is -0.252. The number of carboxylic acids is 1. The summed E-state index contributed by atoms with van der Waals surface area (Å²) >= 11 is 0. The fourth-order valence-corrected chi connectivity index (χ4v) is 1.42. The van der Waals surface area contributed by atoms with Crippen LogP contribution in [0, 0.1) is 0 Å². The molecule has 0 fully saturated rings. The van der Waals surface area contributed by atoms with Crippen LogP contribution in [-0.2, 0) is 16.1 Å². The summed E-state index contributed by atoms with van der Waals surface area (Å²) in [6.45, 7) is 2.21. The number of benzene rings is 1. The van der Waals surface area contributed by atoms with Gasteiger partial charge >= 0.3 is 5.97 Å². The molecule has 0 aromatic heterocycles. The van der Waals surface area contributed by atoms with Crippen LogP contribution < -0.4 is 10.1 Å². The number of aliphatic carboxylic acids is 1. The zero-order valence-corrected chi connectivity index (χ0v) is 10.3. The highest BCUT2D eigenvalue weighted by molar-refractivity contribution is 5.72. The Morgan fingerprint density at radius 2 is 2.06 bits per heavy atom. The van der Waals surface area contributed by atoms with Crippen molar-refractivity contribution in [3.8, 4) is 5.75 Å². The Morgan fingerprint density at radius 3 is 2.72 bits per heavy atom. The molecule has 0 atom stereocenters. The molecule has 0 bridgehead atoms. The zero-order valence-electron chi connectivity index (χ0n) is 10.3. The van der Waals surface area contributed by atoms with Gasteiger partial charge in [-0.05, 0) is 12.5 Å². The first kappa shape index (κ1) is 14.0. The van der Waals surface area contributed by atoms with Gasteiger partial charge in [0.15, 0.2) is 0 Å². The second-order valence-electron chi connectivity index (χ2n) is 3.86. The molecule has 98 valence electrons. The minimum Gasteiger partial charge on any atom is -0.493 e. The minimum atomic E-state index is -0.829. The number of carbonyl (C=O) groups is 2. The first-order valence-corrected chi connectivity index (χ1v) is 5.76. The Morgan fingerprint density at radius 1 is 1.33 bits per heavy atom. The average Bonchev–Trinajstić information content (AvgIpc) is 2.33. The number of nitrogens with one attached hydrogen (secondary N) is 1. The van der Waals surface area contributed by atoms with Gasteiger partial charge in [-0.3, -0.25) is 9.59 Å². The van der Waals surface area contributed by atoms with E-state index in [1.807, 2.05) is 18.2 Å². The summed E-state index contributed by atoms with van der Waals surface area (Å²) in [6, 6.07) is 7.37. The lowest BCUT2D eigenvalue weighted by molar-refractivity contribution is -0.137. The number of rotatable bonds is 7. The van der Waals surface area contributed by atoms with E-state index in [4.69, 9.17) is 9.84 Å². The molecule has 0 saturated carbocycles. The lowest BCUT2D eigenvalue weighted by Crippen LogP contribution is -2.19. The van der Waals surface area contributed by atoms with Crippen molar-refractivity contribution in [2.45, 2.75) is 26.3 Å². The van der Waals surface area contributed by atoms with E-state index in [0.717, 1.165) is 5.56 Å². The van der Waals surface area contributed by atoms with Crippen LogP contribution >= 0.6 is 0 Å². The maximum Gasteiger partial charge on any atom is 0.303 e. The SMILES string of the molecule is CC(=O)NCc1ccccc1OCCCC(=O)O. The van der Waals surface area contributed by atoms with Crippen molar-refractivity contribution in [3.05, 3.63) is 29.8 Å². The molecule has 18 heavy (non-hydrogen) atoms. The molecule has 0 aliphatic carbocycles. The van der Waals surface area contributed by atoms with E-state index in [1.165, 1.54) is 6.92 Å². The maximum absolute atomic E-state index is 10.8. The van der Waals surface area contributed by atoms with E-state index >= 15 is 0 Å². The second-order valence-corrected chi connectivity index (χ2v) is 3.86. The molecule has 0 heterocycles. The molecule has 2 N–H and O–H groups in total. The number of hydrogen-bond donors (Lipinski definition) is 2. The molecule has 0 unspecified atom stereocenters. The number of carbonyl (C=O) groups excluding carboxylic acids is 1. The van der Waals surface area contributed by atoms with Gasteiger partial charge in [0.05, 0.1) is 6.61 Å². The molecule has 0 saturated heterocycles. The first-order valence-electron chi connectivity index (χ1n) is 5.76. The quantitative estimate of drug-likeness (QED) is 0.721. The van der Waals surface area contributed by atoms with Crippen molar-refractivity contribution < 1.29 is 19.4 Å². The van der Waals surface area contributed by atoms with Crippen molar-refractivity contribution >= 4 is 11.9 Å². The molecule has 0 aliphatic rings. The highest BCUT2D eigenvalue weighted by atomic mass is 16.5. The van der Waals surface area contributed by atoms with E-state index in [-0.39, 0.29) is 12.3 Å². The topological polar surface area (TPSA) is 75.6 Å². The van der Waals surface area contributed by atoms with Gasteiger partial charge in [-0.15, -0.1) is 0 Å². The Balaban J connectivity index is 2.48. The molecule has 0 aliphatic heterocycles. The van der Waals surface area contributed by atoms with Crippen molar-refractivity contribution in [2.75, 3.05) is 6.61 Å². The van der Waals surface area contributed by atoms with Gasteiger partial charge in [0.25, 0.3) is 0 Å². The van der Waals surface area contributed by atoms with Gasteiger partial charge in [0.1, 0.15) is 5.75 Å². The number of amides is 1. The Labute approximate surface area is 106 Å². The van der Waals surface area contributed by atoms with E-state index in [2.05, 4.69) is 5.32 Å². The summed E-state index contributed by atoms with van der Waals surface area (Å²) in [5, 5.41) is 11.2. The lowest BCUT2D eigenvalue weighted by Gasteiger charge is -2.11. The Bertz CT molecular complexity index is 417. The molecular formula is C13H17NO4. The molecule has 5 heteroatoms. The van der Waals surface area contributed by atoms with Gasteiger partial charge in [-0.1, -0.05) is 18.2 Å². The number of para-hydroxylation sites is 1. The predicted molar refractivity (Wildman–Crippen MR) is 66.3 cm³/mol. The monoisotopic (exact) mass is 251 g/mol. The third kappa shape index (κ3) is 5.34. The van der Waals surface area contributed by atoms with Crippen LogP contribution in [0.25, 0.3) is 0 Å². The van der Waals surface area contributed by atoms with Crippen LogP contribution in [-0.4, -0.2) is 23.6 Å². The normalized spacial score (nSPS) is 9.83. The van der Waals surface area contributed by atoms with Gasteiger partial charge < -0.3 is 15.2 Å². The summed E-state index contributed by atoms with van der Waals surface area (Å²) in [4.78, 5) is 21.2. The van der Waals surface area contributed by atoms with Crippen molar-refractivity contribution in [3.63, 3.8) is 0 Å². The molecular weight excluding hydrogens is 234 g/mol. The standard InChI is InChI=1S/C13H17NO4/c1-10(15)14-9-11-5-2-3-6-12(11)18-8-4-7-13(16)17/h2-3,5-6H,4,7-9H2,1H3,(H,14,15)(H,16,17). The molecule has 1 aromatic carbocycles. The highest BCUT2D eigenvalue weighted by Gasteiger charge is 2.04. The number of hydrogen-bond acceptors (Lipinski definition) is 3. The van der Waals surface area contributed by atoms with E-state index in [0.29, 0.717) is 25.3 Å². The van der Waals surface area contributed by atoms with Gasteiger partial charge in [-0.2, -0.15) is 0 Å². The second kappa shape index (κ2) is 7.32. The van der Waals surface area contributed by atoms with Crippen LogP contribution in [0.5, 0.6) is 5.75 Å². The van der Waals surface area contributed by atoms with Gasteiger partial charge in [0, 0.05) is 25.5 Å². The summed E-state index contributed by atoms with van der Waals surface area (Å²) in [7, 11) is 0. The Hall–Kier alpha value is -2.04. The molecule has 1 rings (SSSR count). The molecule has 1 aromatic rings. The zero-order chi connectivity index (χ0) is 13.4. The first-order chi connectivity index (χ1) is 8.59. The maximum atomic E-state index is 10.8. The summed E-state index contributed by atoms with van der Waals surface area (Å²) in [5.41, 5.74) is 0.878. The van der Waals surface area contributed by atoms with Crippen LogP contribution in [0.2, 0.25) is 0 Å².